The lowest BCUT2D eigenvalue weighted by Crippen LogP contribution is -2.59. The molecule has 1 aliphatic heterocycles. The van der Waals surface area contributed by atoms with Crippen molar-refractivity contribution in [1.29, 1.82) is 0 Å². The van der Waals surface area contributed by atoms with Gasteiger partial charge in [0.1, 0.15) is 12.4 Å². The third kappa shape index (κ3) is 5.51. The molecule has 2 spiro atoms. The molecule has 5 saturated carbocycles. The number of rotatable bonds is 5. The summed E-state index contributed by atoms with van der Waals surface area (Å²) in [5.74, 6) is 3.35. The number of hydrogen-bond acceptors (Lipinski definition) is 7. The summed E-state index contributed by atoms with van der Waals surface area (Å²) in [5.41, 5.74) is 1.38. The third-order valence-electron chi connectivity index (χ3n) is 9.22. The van der Waals surface area contributed by atoms with Crippen LogP contribution in [0, 0.1) is 23.7 Å². The molecule has 5 aliphatic carbocycles. The second-order valence-corrected chi connectivity index (χ2v) is 13.4. The minimum atomic E-state index is -3.67. The number of nitrogens with zero attached hydrogens (tertiary/aromatic N) is 2. The van der Waals surface area contributed by atoms with Crippen LogP contribution in [0.15, 0.2) is 43.0 Å². The molecule has 1 aromatic carbocycles. The standard InChI is InChI=1S/C27H34N2O4.CH4O3S/c1-3-25(30-12-11-29-10-9-28-18-29)4-2-21(1)22-5-7-26(8-6-22)31-27(33-32-26)23-14-19-13-20(16-23)17-24(27)15-19;1-5(2,3)4/h1-4,9-10,18-20,22-24H,5-8,11-17H2;1H3,(H,2,3,4). The maximum Gasteiger partial charge on any atom is 0.261 e. The predicted octanol–water partition coefficient (Wildman–Crippen LogP) is 4.95. The lowest BCUT2D eigenvalue weighted by atomic mass is 9.53. The second-order valence-electron chi connectivity index (χ2n) is 11.9. The molecule has 1 aromatic heterocycles. The predicted molar refractivity (Wildman–Crippen MR) is 139 cm³/mol. The Labute approximate surface area is 224 Å². The van der Waals surface area contributed by atoms with Crippen molar-refractivity contribution in [3.8, 4) is 5.75 Å². The molecular weight excluding hydrogens is 508 g/mol. The molecule has 9 nitrogen and oxygen atoms in total. The molecule has 10 heteroatoms. The Hall–Kier alpha value is -1.98. The van der Waals surface area contributed by atoms with Crippen molar-refractivity contribution in [3.63, 3.8) is 0 Å². The topological polar surface area (TPSA) is 109 Å². The molecule has 2 heterocycles. The van der Waals surface area contributed by atoms with Gasteiger partial charge in [-0.1, -0.05) is 12.1 Å². The Kier molecular flexibility index (Phi) is 7.05. The van der Waals surface area contributed by atoms with E-state index >= 15 is 0 Å². The molecule has 0 atom stereocenters. The molecule has 208 valence electrons. The highest BCUT2D eigenvalue weighted by Gasteiger charge is 2.66. The van der Waals surface area contributed by atoms with E-state index in [0.717, 1.165) is 49.8 Å². The third-order valence-corrected chi connectivity index (χ3v) is 9.22. The molecule has 0 radical (unpaired) electrons. The van der Waals surface area contributed by atoms with Gasteiger partial charge in [0.15, 0.2) is 0 Å². The van der Waals surface area contributed by atoms with Gasteiger partial charge in [0.2, 0.25) is 11.6 Å². The molecule has 38 heavy (non-hydrogen) atoms. The summed E-state index contributed by atoms with van der Waals surface area (Å²) in [4.78, 5) is 16.3. The van der Waals surface area contributed by atoms with Crippen molar-refractivity contribution in [1.82, 2.24) is 9.55 Å². The first kappa shape index (κ1) is 26.3. The van der Waals surface area contributed by atoms with E-state index in [1.54, 1.807) is 6.20 Å². The highest BCUT2D eigenvalue weighted by atomic mass is 32.2. The number of aromatic nitrogens is 2. The Bertz CT molecular complexity index is 1150. The number of benzene rings is 1. The lowest BCUT2D eigenvalue weighted by molar-refractivity contribution is -0.390. The van der Waals surface area contributed by atoms with E-state index in [1.807, 2.05) is 17.1 Å². The van der Waals surface area contributed by atoms with E-state index in [2.05, 4.69) is 29.2 Å². The van der Waals surface area contributed by atoms with Crippen molar-refractivity contribution in [2.45, 2.75) is 81.8 Å². The summed E-state index contributed by atoms with van der Waals surface area (Å²) in [6, 6.07) is 8.65. The van der Waals surface area contributed by atoms with Crippen LogP contribution in [0.25, 0.3) is 0 Å². The summed E-state index contributed by atoms with van der Waals surface area (Å²) in [6.45, 7) is 1.45. The zero-order valence-corrected chi connectivity index (χ0v) is 22.7. The number of hydrogen-bond donors (Lipinski definition) is 1. The number of imidazole rings is 1. The highest BCUT2D eigenvalue weighted by molar-refractivity contribution is 7.85. The zero-order chi connectivity index (χ0) is 26.4. The van der Waals surface area contributed by atoms with E-state index in [-0.39, 0.29) is 0 Å². The maximum atomic E-state index is 9.19. The van der Waals surface area contributed by atoms with Crippen LogP contribution in [0.5, 0.6) is 5.75 Å². The summed E-state index contributed by atoms with van der Waals surface area (Å²) < 4.78 is 40.7. The van der Waals surface area contributed by atoms with E-state index < -0.39 is 21.7 Å². The first-order valence-electron chi connectivity index (χ1n) is 13.9. The van der Waals surface area contributed by atoms with Crippen LogP contribution < -0.4 is 4.74 Å². The summed E-state index contributed by atoms with van der Waals surface area (Å²) in [5, 5.41) is 0. The van der Waals surface area contributed by atoms with E-state index in [1.165, 1.54) is 37.7 Å². The van der Waals surface area contributed by atoms with Gasteiger partial charge >= 0.3 is 0 Å². The van der Waals surface area contributed by atoms with Crippen LogP contribution in [-0.2, 0) is 31.2 Å². The van der Waals surface area contributed by atoms with Gasteiger partial charge in [-0.15, -0.1) is 0 Å². The van der Waals surface area contributed by atoms with Gasteiger partial charge in [-0.05, 0) is 80.4 Å². The van der Waals surface area contributed by atoms with E-state index in [0.29, 0.717) is 30.6 Å². The molecule has 6 aliphatic rings. The summed E-state index contributed by atoms with van der Waals surface area (Å²) in [6.07, 6.45) is 16.8. The summed E-state index contributed by atoms with van der Waals surface area (Å²) in [7, 11) is -3.67. The summed E-state index contributed by atoms with van der Waals surface area (Å²) >= 11 is 0. The van der Waals surface area contributed by atoms with Crippen molar-refractivity contribution in [2.75, 3.05) is 12.9 Å². The Morgan fingerprint density at radius 2 is 1.66 bits per heavy atom. The molecular formula is C28H38N2O7S. The lowest BCUT2D eigenvalue weighted by Gasteiger charge is -2.57. The molecule has 1 saturated heterocycles. The SMILES string of the molecule is CS(=O)(=O)O.c1cn(CCOc2ccc(C3CCC4(CC3)OOC3(O4)C4CC5CC(C4)CC3C5)cc2)cn1. The fourth-order valence-corrected chi connectivity index (χ4v) is 7.71. The van der Waals surface area contributed by atoms with Crippen LogP contribution in [0.3, 0.4) is 0 Å². The van der Waals surface area contributed by atoms with Crippen LogP contribution >= 0.6 is 0 Å². The van der Waals surface area contributed by atoms with Gasteiger partial charge < -0.3 is 14.0 Å². The minimum Gasteiger partial charge on any atom is -0.492 e. The Morgan fingerprint density at radius 3 is 2.24 bits per heavy atom. The highest BCUT2D eigenvalue weighted by Crippen LogP contribution is 2.64. The van der Waals surface area contributed by atoms with Gasteiger partial charge in [-0.2, -0.15) is 18.2 Å². The average molecular weight is 547 g/mol. The molecule has 0 amide bonds. The monoisotopic (exact) mass is 546 g/mol. The van der Waals surface area contributed by atoms with Crippen LogP contribution in [-0.4, -0.2) is 47.0 Å². The smallest absolute Gasteiger partial charge is 0.261 e. The van der Waals surface area contributed by atoms with E-state index in [4.69, 9.17) is 23.8 Å². The zero-order valence-electron chi connectivity index (χ0n) is 21.9. The quantitative estimate of drug-likeness (QED) is 0.414. The molecule has 4 bridgehead atoms. The van der Waals surface area contributed by atoms with Crippen molar-refractivity contribution in [3.05, 3.63) is 48.5 Å². The van der Waals surface area contributed by atoms with Crippen LogP contribution in [0.2, 0.25) is 0 Å². The minimum absolute atomic E-state index is 0.448. The van der Waals surface area contributed by atoms with Gasteiger partial charge in [0, 0.05) is 37.1 Å². The van der Waals surface area contributed by atoms with Crippen LogP contribution in [0.1, 0.15) is 69.3 Å². The number of ether oxygens (including phenoxy) is 2. The second kappa shape index (κ2) is 10.2. The van der Waals surface area contributed by atoms with Gasteiger partial charge in [-0.3, -0.25) is 4.55 Å². The molecule has 0 unspecified atom stereocenters. The van der Waals surface area contributed by atoms with Gasteiger partial charge in [-0.25, -0.2) is 4.98 Å². The molecule has 1 N–H and O–H groups in total. The maximum absolute atomic E-state index is 9.19. The Balaban J connectivity index is 0.000000487. The van der Waals surface area contributed by atoms with Crippen molar-refractivity contribution < 1.29 is 32.2 Å². The van der Waals surface area contributed by atoms with Gasteiger partial charge in [0.05, 0.1) is 19.1 Å². The van der Waals surface area contributed by atoms with Crippen molar-refractivity contribution in [2.24, 2.45) is 23.7 Å². The fraction of sp³-hybridized carbons (Fsp3) is 0.679. The van der Waals surface area contributed by atoms with Gasteiger partial charge in [0.25, 0.3) is 10.1 Å². The normalized spacial score (nSPS) is 37.4. The molecule has 2 aromatic rings. The molecule has 8 rings (SSSR count). The first-order chi connectivity index (χ1) is 18.2. The van der Waals surface area contributed by atoms with Crippen molar-refractivity contribution >= 4 is 10.1 Å². The Morgan fingerprint density at radius 1 is 1.03 bits per heavy atom. The molecule has 6 fully saturated rings. The largest absolute Gasteiger partial charge is 0.492 e. The van der Waals surface area contributed by atoms with E-state index in [9.17, 15) is 8.42 Å². The fourth-order valence-electron chi connectivity index (χ4n) is 7.71. The first-order valence-corrected chi connectivity index (χ1v) is 15.7. The average Bonchev–Trinajstić information content (AvgIpc) is 3.52. The van der Waals surface area contributed by atoms with Crippen LogP contribution in [0.4, 0.5) is 0 Å².